The minimum atomic E-state index is -1.28. The molecule has 2 aliphatic rings. The second-order valence-electron chi connectivity index (χ2n) is 10.4. The zero-order valence-electron chi connectivity index (χ0n) is 22.8. The van der Waals surface area contributed by atoms with Crippen LogP contribution in [0.2, 0.25) is 5.02 Å². The third-order valence-corrected chi connectivity index (χ3v) is 7.87. The molecule has 1 aromatic heterocycles. The van der Waals surface area contributed by atoms with E-state index in [9.17, 15) is 9.18 Å². The highest BCUT2D eigenvalue weighted by molar-refractivity contribution is 6.30. The normalized spacial score (nSPS) is 20.3. The van der Waals surface area contributed by atoms with Gasteiger partial charge in [0.1, 0.15) is 11.6 Å². The number of piperidine rings is 1. The Labute approximate surface area is 237 Å². The number of methoxy groups -OCH3 is 1. The quantitative estimate of drug-likeness (QED) is 0.324. The zero-order chi connectivity index (χ0) is 28.4. The monoisotopic (exact) mass is 569 g/mol. The molecule has 0 amide bonds. The molecule has 10 heteroatoms. The number of aliphatic carboxylic acids is 1. The van der Waals surface area contributed by atoms with E-state index in [0.717, 1.165) is 49.1 Å². The topological polar surface area (TPSA) is 86.0 Å². The van der Waals surface area contributed by atoms with Crippen molar-refractivity contribution < 1.29 is 28.5 Å². The number of likely N-dealkylation sites (tertiary alicyclic amines) is 1. The molecule has 1 fully saturated rings. The van der Waals surface area contributed by atoms with Gasteiger partial charge in [-0.15, -0.1) is 0 Å². The van der Waals surface area contributed by atoms with Gasteiger partial charge in [0.15, 0.2) is 11.5 Å². The van der Waals surface area contributed by atoms with E-state index in [2.05, 4.69) is 16.0 Å². The van der Waals surface area contributed by atoms with Crippen molar-refractivity contribution in [2.75, 3.05) is 20.2 Å². The summed E-state index contributed by atoms with van der Waals surface area (Å²) in [5.41, 5.74) is 2.09. The summed E-state index contributed by atoms with van der Waals surface area (Å²) in [6, 6.07) is 10.4. The molecule has 2 aromatic carbocycles. The zero-order valence-corrected chi connectivity index (χ0v) is 23.5. The first-order chi connectivity index (χ1) is 19.2. The number of carbonyl (C=O) groups is 1. The molecule has 2 atom stereocenters. The Morgan fingerprint density at radius 3 is 2.77 bits per heavy atom. The van der Waals surface area contributed by atoms with E-state index in [1.807, 2.05) is 23.6 Å². The third-order valence-electron chi connectivity index (χ3n) is 7.63. The number of hydrogen-bond donors (Lipinski definition) is 1. The van der Waals surface area contributed by atoms with Gasteiger partial charge in [-0.2, -0.15) is 0 Å². The molecule has 0 spiro atoms. The molecule has 3 aromatic rings. The summed E-state index contributed by atoms with van der Waals surface area (Å²) < 4.78 is 34.7. The third kappa shape index (κ3) is 5.87. The van der Waals surface area contributed by atoms with Gasteiger partial charge in [0.2, 0.25) is 0 Å². The Bertz CT molecular complexity index is 1420. The average molecular weight is 570 g/mol. The molecule has 1 N–H and O–H groups in total. The summed E-state index contributed by atoms with van der Waals surface area (Å²) >= 11 is 5.95. The Kier molecular flexibility index (Phi) is 8.16. The number of carboxylic acids is 1. The Morgan fingerprint density at radius 1 is 1.30 bits per heavy atom. The lowest BCUT2D eigenvalue weighted by atomic mass is 9.88. The molecule has 0 saturated carbocycles. The van der Waals surface area contributed by atoms with Crippen molar-refractivity contribution in [3.8, 4) is 11.5 Å². The number of para-hydroxylation sites is 1. The molecular weight excluding hydrogens is 537 g/mol. The fourth-order valence-electron chi connectivity index (χ4n) is 5.43. The number of ether oxygens (including phenoxy) is 3. The maximum atomic E-state index is 14.8. The summed E-state index contributed by atoms with van der Waals surface area (Å²) in [6.07, 6.45) is 6.16. The van der Waals surface area contributed by atoms with Crippen LogP contribution < -0.4 is 9.47 Å². The van der Waals surface area contributed by atoms with Crippen molar-refractivity contribution in [2.45, 2.75) is 57.6 Å². The van der Waals surface area contributed by atoms with Crippen molar-refractivity contribution in [1.29, 1.82) is 0 Å². The summed E-state index contributed by atoms with van der Waals surface area (Å²) in [5, 5.41) is 9.38. The molecule has 212 valence electrons. The largest absolute Gasteiger partial charge is 0.478 e. The Hall–Kier alpha value is -3.40. The van der Waals surface area contributed by atoms with Crippen molar-refractivity contribution in [1.82, 2.24) is 14.5 Å². The van der Waals surface area contributed by atoms with Gasteiger partial charge in [0.05, 0.1) is 36.6 Å². The van der Waals surface area contributed by atoms with Crippen LogP contribution in [-0.2, 0) is 28.4 Å². The lowest BCUT2D eigenvalue weighted by Crippen LogP contribution is -2.34. The van der Waals surface area contributed by atoms with Crippen LogP contribution in [0.5, 0.6) is 11.5 Å². The van der Waals surface area contributed by atoms with E-state index in [4.69, 9.17) is 30.9 Å². The molecule has 3 heterocycles. The average Bonchev–Trinajstić information content (AvgIpc) is 3.47. The van der Waals surface area contributed by atoms with Gasteiger partial charge in [-0.05, 0) is 69.1 Å². The van der Waals surface area contributed by atoms with Gasteiger partial charge < -0.3 is 23.9 Å². The van der Waals surface area contributed by atoms with Crippen molar-refractivity contribution in [3.05, 3.63) is 82.2 Å². The SMILES string of the molecule is COC(C)Cn1c(/C=C/C(=O)O)cnc1CN1CCC(c2cccc3c2O[C@@](C)(c2ccc(Cl)cc2F)O3)CC1. The van der Waals surface area contributed by atoms with E-state index in [0.29, 0.717) is 35.2 Å². The number of carboxylic acid groups (broad SMARTS) is 1. The van der Waals surface area contributed by atoms with Crippen LogP contribution in [0.4, 0.5) is 4.39 Å². The predicted molar refractivity (Wildman–Crippen MR) is 149 cm³/mol. The number of halogens is 2. The number of imidazole rings is 1. The molecule has 0 bridgehead atoms. The smallest absolute Gasteiger partial charge is 0.328 e. The molecule has 0 aliphatic carbocycles. The molecule has 8 nitrogen and oxygen atoms in total. The van der Waals surface area contributed by atoms with Gasteiger partial charge in [-0.3, -0.25) is 4.90 Å². The summed E-state index contributed by atoms with van der Waals surface area (Å²) in [7, 11) is 1.66. The minimum absolute atomic E-state index is 0.0508. The number of hydrogen-bond acceptors (Lipinski definition) is 6. The highest BCUT2D eigenvalue weighted by Crippen LogP contribution is 2.49. The highest BCUT2D eigenvalue weighted by Gasteiger charge is 2.43. The minimum Gasteiger partial charge on any atom is -0.478 e. The first-order valence-electron chi connectivity index (χ1n) is 13.3. The highest BCUT2D eigenvalue weighted by atomic mass is 35.5. The maximum absolute atomic E-state index is 14.8. The summed E-state index contributed by atoms with van der Waals surface area (Å²) in [5.74, 6) is -0.365. The van der Waals surface area contributed by atoms with Crippen molar-refractivity contribution >= 4 is 23.6 Å². The lowest BCUT2D eigenvalue weighted by Gasteiger charge is -2.32. The van der Waals surface area contributed by atoms with Crippen LogP contribution in [-0.4, -0.2) is 51.8 Å². The van der Waals surface area contributed by atoms with E-state index in [1.165, 1.54) is 6.07 Å². The molecule has 2 aliphatic heterocycles. The van der Waals surface area contributed by atoms with Gasteiger partial charge in [-0.25, -0.2) is 14.2 Å². The molecule has 1 saturated heterocycles. The first-order valence-corrected chi connectivity index (χ1v) is 13.7. The second kappa shape index (κ2) is 11.6. The van der Waals surface area contributed by atoms with E-state index in [-0.39, 0.29) is 12.0 Å². The predicted octanol–water partition coefficient (Wildman–Crippen LogP) is 5.83. The maximum Gasteiger partial charge on any atom is 0.328 e. The van der Waals surface area contributed by atoms with E-state index in [1.54, 1.807) is 38.4 Å². The van der Waals surface area contributed by atoms with Crippen molar-refractivity contribution in [2.24, 2.45) is 0 Å². The van der Waals surface area contributed by atoms with E-state index >= 15 is 0 Å². The molecule has 0 radical (unpaired) electrons. The summed E-state index contributed by atoms with van der Waals surface area (Å²) in [6.45, 7) is 6.61. The van der Waals surface area contributed by atoms with Gasteiger partial charge in [-0.1, -0.05) is 23.7 Å². The number of benzene rings is 2. The van der Waals surface area contributed by atoms with Crippen molar-refractivity contribution in [3.63, 3.8) is 0 Å². The first kappa shape index (κ1) is 28.1. The molecule has 40 heavy (non-hydrogen) atoms. The van der Waals surface area contributed by atoms with Gasteiger partial charge >= 0.3 is 5.97 Å². The second-order valence-corrected chi connectivity index (χ2v) is 10.9. The van der Waals surface area contributed by atoms with Crippen LogP contribution in [0.1, 0.15) is 55.3 Å². The Morgan fingerprint density at radius 2 is 2.08 bits per heavy atom. The fourth-order valence-corrected chi connectivity index (χ4v) is 5.59. The van der Waals surface area contributed by atoms with Crippen LogP contribution in [0.3, 0.4) is 0 Å². The molecular formula is C30H33ClFN3O5. The lowest BCUT2D eigenvalue weighted by molar-refractivity contribution is -0.131. The van der Waals surface area contributed by atoms with Crippen LogP contribution in [0.25, 0.3) is 6.08 Å². The number of aromatic nitrogens is 2. The van der Waals surface area contributed by atoms with Crippen LogP contribution >= 0.6 is 11.6 Å². The molecule has 5 rings (SSSR count). The van der Waals surface area contributed by atoms with E-state index < -0.39 is 17.6 Å². The standard InChI is InChI=1S/C30H33ClFN3O5/c1-19(38-3)17-35-22(8-10-28(36)37)16-33-27(35)18-34-13-11-20(12-14-34)23-5-4-6-26-29(23)40-30(2,39-26)24-9-7-21(31)15-25(24)32/h4-10,15-16,19-20H,11-14,17-18H2,1-3H3,(H,36,37)/b10-8+/t19?,30-/m0/s1. The van der Waals surface area contributed by atoms with Gasteiger partial charge in [0.25, 0.3) is 5.79 Å². The van der Waals surface area contributed by atoms with Crippen LogP contribution in [0, 0.1) is 5.82 Å². The number of nitrogens with zero attached hydrogens (tertiary/aromatic N) is 3. The summed E-state index contributed by atoms with van der Waals surface area (Å²) in [4.78, 5) is 18.0. The Balaban J connectivity index is 1.28. The molecule has 1 unspecified atom stereocenters. The fraction of sp³-hybridized carbons (Fsp3) is 0.400. The van der Waals surface area contributed by atoms with Crippen LogP contribution in [0.15, 0.2) is 48.7 Å². The number of fused-ring (bicyclic) bond motifs is 1. The van der Waals surface area contributed by atoms with Gasteiger partial charge in [0, 0.05) is 30.7 Å². The number of rotatable bonds is 9.